The maximum Gasteiger partial charge on any atom is 0.200 e. The van der Waals surface area contributed by atoms with Crippen molar-refractivity contribution in [2.45, 2.75) is 9.79 Å². The van der Waals surface area contributed by atoms with E-state index in [9.17, 15) is 0 Å². The second-order valence-electron chi connectivity index (χ2n) is 4.33. The van der Waals surface area contributed by atoms with Crippen molar-refractivity contribution < 1.29 is 4.74 Å². The van der Waals surface area contributed by atoms with Crippen molar-refractivity contribution in [2.24, 2.45) is 0 Å². The van der Waals surface area contributed by atoms with Gasteiger partial charge in [-0.3, -0.25) is 0 Å². The Morgan fingerprint density at radius 1 is 0.600 bits per heavy atom. The van der Waals surface area contributed by atoms with Crippen LogP contribution in [0.4, 0.5) is 0 Å². The Balaban J connectivity index is 1.85. The van der Waals surface area contributed by atoms with Crippen molar-refractivity contribution in [1.82, 2.24) is 0 Å². The van der Waals surface area contributed by atoms with Crippen LogP contribution in [0, 0.1) is 0 Å². The zero-order chi connectivity index (χ0) is 13.6. The fraction of sp³-hybridized carbons (Fsp3) is 0. The van der Waals surface area contributed by atoms with Gasteiger partial charge in [0.1, 0.15) is 5.75 Å². The lowest BCUT2D eigenvalue weighted by atomic mass is 10.3. The zero-order valence-electron chi connectivity index (χ0n) is 10.9. The number of thiol groups is 1. The van der Waals surface area contributed by atoms with Crippen molar-refractivity contribution in [3.8, 4) is 11.5 Å². The summed E-state index contributed by atoms with van der Waals surface area (Å²) in [6, 6.07) is 28.4. The Labute approximate surface area is 123 Å². The van der Waals surface area contributed by atoms with Crippen LogP contribution in [0.1, 0.15) is 0 Å². The minimum atomic E-state index is 0.864. The highest BCUT2D eigenvalue weighted by Gasteiger charge is 2.13. The summed E-state index contributed by atoms with van der Waals surface area (Å²) < 4.78 is 5.97. The molecule has 0 atom stereocenters. The summed E-state index contributed by atoms with van der Waals surface area (Å²) in [6.45, 7) is 0. The Morgan fingerprint density at radius 2 is 1.20 bits per heavy atom. The maximum atomic E-state index is 5.97. The largest absolute Gasteiger partial charge is 0.452 e. The number of hydrogen-bond donors (Lipinski definition) is 0. The number of hydrogen-bond acceptors (Lipinski definition) is 1. The van der Waals surface area contributed by atoms with Crippen LogP contribution in [0.15, 0.2) is 94.7 Å². The lowest BCUT2D eigenvalue weighted by Gasteiger charge is -2.06. The van der Waals surface area contributed by atoms with Gasteiger partial charge in [-0.15, -0.1) is 0 Å². The molecule has 0 saturated heterocycles. The van der Waals surface area contributed by atoms with Crippen molar-refractivity contribution in [3.05, 3.63) is 84.9 Å². The molecule has 0 aliphatic rings. The van der Waals surface area contributed by atoms with Crippen LogP contribution in [-0.4, -0.2) is 0 Å². The third-order valence-electron chi connectivity index (χ3n) is 2.84. The molecule has 3 rings (SSSR count). The quantitative estimate of drug-likeness (QED) is 0.496. The van der Waals surface area contributed by atoms with E-state index in [0.717, 1.165) is 23.3 Å². The molecule has 0 radical (unpaired) electrons. The number of para-hydroxylation sites is 2. The number of ether oxygens (including phenoxy) is 1. The Morgan fingerprint density at radius 3 is 1.95 bits per heavy atom. The van der Waals surface area contributed by atoms with Gasteiger partial charge in [0.2, 0.25) is 4.90 Å². The minimum Gasteiger partial charge on any atom is -0.452 e. The molecule has 0 bridgehead atoms. The second kappa shape index (κ2) is 6.31. The molecular formula is C18H15OS+. The van der Waals surface area contributed by atoms with Crippen molar-refractivity contribution >= 4 is 11.8 Å². The highest BCUT2D eigenvalue weighted by molar-refractivity contribution is 7.78. The molecule has 0 unspecified atom stereocenters. The smallest absolute Gasteiger partial charge is 0.200 e. The van der Waals surface area contributed by atoms with Crippen LogP contribution >= 0.6 is 0 Å². The van der Waals surface area contributed by atoms with E-state index in [1.165, 1.54) is 9.79 Å². The van der Waals surface area contributed by atoms with Gasteiger partial charge in [0.25, 0.3) is 0 Å². The predicted octanol–water partition coefficient (Wildman–Crippen LogP) is 4.71. The molecule has 0 spiro atoms. The molecule has 0 fully saturated rings. The highest BCUT2D eigenvalue weighted by Crippen LogP contribution is 2.28. The first-order chi connectivity index (χ1) is 9.92. The average Bonchev–Trinajstić information content (AvgIpc) is 2.51. The summed E-state index contributed by atoms with van der Waals surface area (Å²) in [7, 11) is 0. The molecule has 2 heteroatoms. The molecule has 0 amide bonds. The van der Waals surface area contributed by atoms with Gasteiger partial charge >= 0.3 is 0 Å². The Bertz CT molecular complexity index is 605. The lowest BCUT2D eigenvalue weighted by molar-refractivity contribution is 0.471. The van der Waals surface area contributed by atoms with Crippen molar-refractivity contribution in [3.63, 3.8) is 0 Å². The normalized spacial score (nSPS) is 10.2. The molecule has 0 saturated carbocycles. The molecular weight excluding hydrogens is 264 g/mol. The molecule has 3 aromatic carbocycles. The van der Waals surface area contributed by atoms with E-state index < -0.39 is 0 Å². The first-order valence-corrected chi connectivity index (χ1v) is 7.40. The van der Waals surface area contributed by atoms with Crippen LogP contribution in [0.3, 0.4) is 0 Å². The third-order valence-corrected chi connectivity index (χ3v) is 4.01. The van der Waals surface area contributed by atoms with Crippen molar-refractivity contribution in [2.75, 3.05) is 0 Å². The fourth-order valence-electron chi connectivity index (χ4n) is 1.89. The lowest BCUT2D eigenvalue weighted by Crippen LogP contribution is -1.91. The van der Waals surface area contributed by atoms with Gasteiger partial charge in [0.05, 0.1) is 11.8 Å². The SMILES string of the molecule is c1ccc(Oc2ccccc2[SH+]c2ccccc2)cc1. The van der Waals surface area contributed by atoms with Gasteiger partial charge in [-0.1, -0.05) is 48.5 Å². The summed E-state index contributed by atoms with van der Waals surface area (Å²) in [4.78, 5) is 2.43. The van der Waals surface area contributed by atoms with E-state index in [2.05, 4.69) is 30.3 Å². The fourth-order valence-corrected chi connectivity index (χ4v) is 2.88. The average molecular weight is 279 g/mol. The molecule has 0 aliphatic heterocycles. The van der Waals surface area contributed by atoms with Crippen LogP contribution in [0.2, 0.25) is 0 Å². The predicted molar refractivity (Wildman–Crippen MR) is 84.7 cm³/mol. The zero-order valence-corrected chi connectivity index (χ0v) is 11.8. The molecule has 0 aliphatic carbocycles. The van der Waals surface area contributed by atoms with E-state index in [4.69, 9.17) is 4.74 Å². The van der Waals surface area contributed by atoms with Gasteiger partial charge in [0.15, 0.2) is 10.6 Å². The standard InChI is InChI=1S/C18H14OS/c1-3-9-15(10-4-1)19-17-13-7-8-14-18(17)20-16-11-5-2-6-12-16/h1-14H/p+1. The summed E-state index contributed by atoms with van der Waals surface area (Å²) in [6.07, 6.45) is 0. The van der Waals surface area contributed by atoms with Gasteiger partial charge in [-0.05, 0) is 36.4 Å². The van der Waals surface area contributed by atoms with Crippen LogP contribution in [0.25, 0.3) is 0 Å². The second-order valence-corrected chi connectivity index (χ2v) is 5.55. The molecule has 3 aromatic rings. The van der Waals surface area contributed by atoms with E-state index in [1.807, 2.05) is 54.6 Å². The van der Waals surface area contributed by atoms with E-state index in [-0.39, 0.29) is 0 Å². The summed E-state index contributed by atoms with van der Waals surface area (Å²) in [5.41, 5.74) is 0. The Kier molecular flexibility index (Phi) is 4.04. The van der Waals surface area contributed by atoms with Crippen LogP contribution in [-0.2, 0) is 11.8 Å². The number of rotatable bonds is 4. The minimum absolute atomic E-state index is 0.864. The summed E-state index contributed by atoms with van der Waals surface area (Å²) >= 11 is 1.16. The van der Waals surface area contributed by atoms with Crippen LogP contribution < -0.4 is 4.74 Å². The first kappa shape index (κ1) is 12.8. The molecule has 20 heavy (non-hydrogen) atoms. The monoisotopic (exact) mass is 279 g/mol. The molecule has 98 valence electrons. The van der Waals surface area contributed by atoms with E-state index >= 15 is 0 Å². The molecule has 0 heterocycles. The van der Waals surface area contributed by atoms with Gasteiger partial charge in [-0.25, -0.2) is 0 Å². The topological polar surface area (TPSA) is 9.23 Å². The third kappa shape index (κ3) is 3.22. The maximum absolute atomic E-state index is 5.97. The van der Waals surface area contributed by atoms with Crippen LogP contribution in [0.5, 0.6) is 11.5 Å². The van der Waals surface area contributed by atoms with Gasteiger partial charge in [-0.2, -0.15) is 0 Å². The van der Waals surface area contributed by atoms with E-state index in [1.54, 1.807) is 0 Å². The molecule has 0 aromatic heterocycles. The summed E-state index contributed by atoms with van der Waals surface area (Å²) in [5.74, 6) is 1.77. The molecule has 1 nitrogen and oxygen atoms in total. The summed E-state index contributed by atoms with van der Waals surface area (Å²) in [5, 5.41) is 0. The molecule has 0 N–H and O–H groups in total. The highest BCUT2D eigenvalue weighted by atomic mass is 32.2. The van der Waals surface area contributed by atoms with E-state index in [0.29, 0.717) is 0 Å². The number of benzene rings is 3. The Hall–Kier alpha value is -2.19. The van der Waals surface area contributed by atoms with Gasteiger partial charge in [0, 0.05) is 0 Å². The first-order valence-electron chi connectivity index (χ1n) is 6.50. The van der Waals surface area contributed by atoms with Gasteiger partial charge < -0.3 is 4.74 Å². The van der Waals surface area contributed by atoms with Crippen molar-refractivity contribution in [1.29, 1.82) is 0 Å².